The molecule has 19 heavy (non-hydrogen) atoms. The van der Waals surface area contributed by atoms with Crippen molar-refractivity contribution in [3.05, 3.63) is 63.1 Å². The second-order valence-corrected chi connectivity index (χ2v) is 5.93. The molecule has 0 spiro atoms. The van der Waals surface area contributed by atoms with Crippen molar-refractivity contribution in [1.29, 1.82) is 0 Å². The van der Waals surface area contributed by atoms with Crippen molar-refractivity contribution in [2.45, 2.75) is 26.3 Å². The quantitative estimate of drug-likeness (QED) is 0.723. The molecule has 2 aromatic carbocycles. The Bertz CT molecular complexity index is 551. The Balaban J connectivity index is 2.23. The molecule has 0 aromatic heterocycles. The average molecular weight is 339 g/mol. The SMILES string of the molecule is CCC(Nc1cc(C)ccc1Br)c1ccc(Cl)cc1. The molecule has 1 nitrogen and oxygen atoms in total. The van der Waals surface area contributed by atoms with Crippen molar-refractivity contribution in [3.8, 4) is 0 Å². The minimum Gasteiger partial charge on any atom is -0.377 e. The van der Waals surface area contributed by atoms with Gasteiger partial charge in [-0.2, -0.15) is 0 Å². The van der Waals surface area contributed by atoms with Gasteiger partial charge in [0.05, 0.1) is 6.04 Å². The predicted octanol–water partition coefficient (Wildman–Crippen LogP) is 5.97. The molecule has 0 radical (unpaired) electrons. The lowest BCUT2D eigenvalue weighted by atomic mass is 10.0. The number of hydrogen-bond acceptors (Lipinski definition) is 1. The van der Waals surface area contributed by atoms with Crippen LogP contribution < -0.4 is 5.32 Å². The molecule has 1 N–H and O–H groups in total. The second kappa shape index (κ2) is 6.44. The zero-order chi connectivity index (χ0) is 13.8. The first-order valence-corrected chi connectivity index (χ1v) is 7.55. The molecule has 2 rings (SSSR count). The molecule has 1 atom stereocenters. The van der Waals surface area contributed by atoms with Crippen molar-refractivity contribution in [1.82, 2.24) is 0 Å². The molecule has 0 aliphatic rings. The summed E-state index contributed by atoms with van der Waals surface area (Å²) < 4.78 is 1.09. The van der Waals surface area contributed by atoms with Crippen LogP contribution in [0.15, 0.2) is 46.9 Å². The highest BCUT2D eigenvalue weighted by Gasteiger charge is 2.10. The van der Waals surface area contributed by atoms with Gasteiger partial charge in [0.25, 0.3) is 0 Å². The summed E-state index contributed by atoms with van der Waals surface area (Å²) in [6.07, 6.45) is 1.02. The number of halogens is 2. The largest absolute Gasteiger partial charge is 0.377 e. The summed E-state index contributed by atoms with van der Waals surface area (Å²) in [5, 5.41) is 4.36. The van der Waals surface area contributed by atoms with Gasteiger partial charge in [0.1, 0.15) is 0 Å². The van der Waals surface area contributed by atoms with E-state index in [1.54, 1.807) is 0 Å². The third kappa shape index (κ3) is 3.74. The van der Waals surface area contributed by atoms with Crippen LogP contribution in [0.2, 0.25) is 5.02 Å². The minimum absolute atomic E-state index is 0.287. The molecule has 0 amide bonds. The second-order valence-electron chi connectivity index (χ2n) is 4.64. The molecular weight excluding hydrogens is 322 g/mol. The third-order valence-electron chi connectivity index (χ3n) is 3.13. The van der Waals surface area contributed by atoms with Gasteiger partial charge in [-0.05, 0) is 64.7 Å². The maximum Gasteiger partial charge on any atom is 0.0511 e. The van der Waals surface area contributed by atoms with E-state index in [0.717, 1.165) is 21.6 Å². The fourth-order valence-corrected chi connectivity index (χ4v) is 2.54. The van der Waals surface area contributed by atoms with Gasteiger partial charge in [0.15, 0.2) is 0 Å². The van der Waals surface area contributed by atoms with E-state index in [4.69, 9.17) is 11.6 Å². The van der Waals surface area contributed by atoms with Crippen LogP contribution in [0.1, 0.15) is 30.5 Å². The van der Waals surface area contributed by atoms with Crippen molar-refractivity contribution in [3.63, 3.8) is 0 Å². The van der Waals surface area contributed by atoms with Crippen molar-refractivity contribution in [2.75, 3.05) is 5.32 Å². The van der Waals surface area contributed by atoms with E-state index in [-0.39, 0.29) is 6.04 Å². The molecule has 0 aliphatic heterocycles. The van der Waals surface area contributed by atoms with Crippen LogP contribution in [0.4, 0.5) is 5.69 Å². The fourth-order valence-electron chi connectivity index (χ4n) is 2.05. The first kappa shape index (κ1) is 14.4. The highest BCUT2D eigenvalue weighted by Crippen LogP contribution is 2.29. The summed E-state index contributed by atoms with van der Waals surface area (Å²) >= 11 is 9.53. The van der Waals surface area contributed by atoms with Gasteiger partial charge in [-0.15, -0.1) is 0 Å². The fraction of sp³-hybridized carbons (Fsp3) is 0.250. The minimum atomic E-state index is 0.287. The summed E-state index contributed by atoms with van der Waals surface area (Å²) in [5.41, 5.74) is 3.62. The number of rotatable bonds is 4. The van der Waals surface area contributed by atoms with Crippen LogP contribution in [0.3, 0.4) is 0 Å². The lowest BCUT2D eigenvalue weighted by molar-refractivity contribution is 0.749. The maximum absolute atomic E-state index is 5.94. The normalized spacial score (nSPS) is 12.2. The zero-order valence-corrected chi connectivity index (χ0v) is 13.4. The first-order chi connectivity index (χ1) is 9.10. The molecular formula is C16H17BrClN. The Hall–Kier alpha value is -0.990. The average Bonchev–Trinajstić information content (AvgIpc) is 2.41. The highest BCUT2D eigenvalue weighted by molar-refractivity contribution is 9.10. The number of anilines is 1. The lowest BCUT2D eigenvalue weighted by Crippen LogP contribution is -2.10. The molecule has 0 fully saturated rings. The summed E-state index contributed by atoms with van der Waals surface area (Å²) in [4.78, 5) is 0. The van der Waals surface area contributed by atoms with Gasteiger partial charge in [-0.25, -0.2) is 0 Å². The zero-order valence-electron chi connectivity index (χ0n) is 11.1. The predicted molar refractivity (Wildman–Crippen MR) is 87.0 cm³/mol. The summed E-state index contributed by atoms with van der Waals surface area (Å²) in [6, 6.07) is 14.6. The Morgan fingerprint density at radius 2 is 1.84 bits per heavy atom. The van der Waals surface area contributed by atoms with Crippen LogP contribution in [-0.2, 0) is 0 Å². The van der Waals surface area contributed by atoms with Crippen molar-refractivity contribution < 1.29 is 0 Å². The maximum atomic E-state index is 5.94. The van der Waals surface area contributed by atoms with Gasteiger partial charge in [0, 0.05) is 15.2 Å². The molecule has 2 aromatic rings. The van der Waals surface area contributed by atoms with Crippen LogP contribution in [0.25, 0.3) is 0 Å². The Morgan fingerprint density at radius 1 is 1.16 bits per heavy atom. The monoisotopic (exact) mass is 337 g/mol. The standard InChI is InChI=1S/C16H17BrClN/c1-3-15(12-5-7-13(18)8-6-12)19-16-10-11(2)4-9-14(16)17/h4-10,15,19H,3H2,1-2H3. The molecule has 0 aliphatic carbocycles. The Kier molecular flexibility index (Phi) is 4.89. The topological polar surface area (TPSA) is 12.0 Å². The number of nitrogens with one attached hydrogen (secondary N) is 1. The molecule has 100 valence electrons. The van der Waals surface area contributed by atoms with Crippen LogP contribution >= 0.6 is 27.5 Å². The number of aryl methyl sites for hydroxylation is 1. The van der Waals surface area contributed by atoms with Crippen molar-refractivity contribution >= 4 is 33.2 Å². The molecule has 0 heterocycles. The van der Waals surface area contributed by atoms with Gasteiger partial charge in [-0.1, -0.05) is 36.7 Å². The van der Waals surface area contributed by atoms with E-state index in [1.165, 1.54) is 11.1 Å². The number of hydrogen-bond donors (Lipinski definition) is 1. The molecule has 0 bridgehead atoms. The van der Waals surface area contributed by atoms with E-state index < -0.39 is 0 Å². The van der Waals surface area contributed by atoms with E-state index >= 15 is 0 Å². The first-order valence-electron chi connectivity index (χ1n) is 6.38. The lowest BCUT2D eigenvalue weighted by Gasteiger charge is -2.20. The van der Waals surface area contributed by atoms with E-state index in [2.05, 4.69) is 65.4 Å². The van der Waals surface area contributed by atoms with Crippen LogP contribution in [0.5, 0.6) is 0 Å². The molecule has 3 heteroatoms. The van der Waals surface area contributed by atoms with E-state index in [9.17, 15) is 0 Å². The Morgan fingerprint density at radius 3 is 2.47 bits per heavy atom. The van der Waals surface area contributed by atoms with Gasteiger partial charge in [-0.3, -0.25) is 0 Å². The Labute approximate surface area is 128 Å². The smallest absolute Gasteiger partial charge is 0.0511 e. The summed E-state index contributed by atoms with van der Waals surface area (Å²) in [6.45, 7) is 4.27. The molecule has 0 saturated carbocycles. The van der Waals surface area contributed by atoms with Gasteiger partial charge >= 0.3 is 0 Å². The van der Waals surface area contributed by atoms with Crippen molar-refractivity contribution in [2.24, 2.45) is 0 Å². The molecule has 1 unspecified atom stereocenters. The summed E-state index contributed by atoms with van der Waals surface area (Å²) in [5.74, 6) is 0. The van der Waals surface area contributed by atoms with Gasteiger partial charge in [0.2, 0.25) is 0 Å². The number of benzene rings is 2. The summed E-state index contributed by atoms with van der Waals surface area (Å²) in [7, 11) is 0. The van der Waals surface area contributed by atoms with Gasteiger partial charge < -0.3 is 5.32 Å². The molecule has 0 saturated heterocycles. The third-order valence-corrected chi connectivity index (χ3v) is 4.08. The van der Waals surface area contributed by atoms with E-state index in [1.807, 2.05) is 12.1 Å². The highest BCUT2D eigenvalue weighted by atomic mass is 79.9. The van der Waals surface area contributed by atoms with Crippen LogP contribution in [-0.4, -0.2) is 0 Å². The van der Waals surface area contributed by atoms with Crippen LogP contribution in [0, 0.1) is 6.92 Å². The van der Waals surface area contributed by atoms with E-state index in [0.29, 0.717) is 0 Å².